The number of pyridine rings is 1. The van der Waals surface area contributed by atoms with Crippen molar-refractivity contribution in [3.63, 3.8) is 0 Å². The average Bonchev–Trinajstić information content (AvgIpc) is 3.62. The molecule has 1 aromatic heterocycles. The maximum absolute atomic E-state index is 14.0. The molecule has 2 N–H and O–H groups in total. The highest BCUT2D eigenvalue weighted by Crippen LogP contribution is 2.34. The number of nitrogens with one attached hydrogen (secondary N) is 1. The Bertz CT molecular complexity index is 1890. The lowest BCUT2D eigenvalue weighted by molar-refractivity contribution is -0.607. The first-order valence-corrected chi connectivity index (χ1v) is 16.0. The number of hydrogen-bond donors (Lipinski definition) is 2. The average molecular weight is 643 g/mol. The zero-order valence-electron chi connectivity index (χ0n) is 24.4. The van der Waals surface area contributed by atoms with Crippen LogP contribution >= 0.6 is 0 Å². The first kappa shape index (κ1) is 30.7. The van der Waals surface area contributed by atoms with E-state index in [2.05, 4.69) is 5.32 Å². The number of nitrogens with zero attached hydrogens (tertiary/aromatic N) is 3. The molecule has 46 heavy (non-hydrogen) atoms. The van der Waals surface area contributed by atoms with Crippen molar-refractivity contribution in [2.75, 3.05) is 13.1 Å². The summed E-state index contributed by atoms with van der Waals surface area (Å²) in [6, 6.07) is 22.2. The third-order valence-electron chi connectivity index (χ3n) is 8.13. The molecule has 0 aliphatic carbocycles. The number of carbonyl (C=O) groups excluding carboxylic acids is 3. The number of rotatable bonds is 8. The maximum atomic E-state index is 14.0. The number of phenolic OH excluding ortho intramolecular Hbond substituents is 1. The molecule has 3 atom stereocenters. The summed E-state index contributed by atoms with van der Waals surface area (Å²) in [5.41, 5.74) is 2.45. The van der Waals surface area contributed by atoms with Crippen molar-refractivity contribution in [2.45, 2.75) is 35.9 Å². The minimum Gasteiger partial charge on any atom is -0.619 e. The largest absolute Gasteiger partial charge is 0.619 e. The van der Waals surface area contributed by atoms with Gasteiger partial charge in [0.2, 0.25) is 15.9 Å². The van der Waals surface area contributed by atoms with Gasteiger partial charge in [0.1, 0.15) is 28.5 Å². The number of aromatic nitrogens is 1. The van der Waals surface area contributed by atoms with Crippen molar-refractivity contribution in [3.8, 4) is 22.6 Å². The van der Waals surface area contributed by atoms with E-state index in [4.69, 9.17) is 4.74 Å². The highest BCUT2D eigenvalue weighted by atomic mass is 32.2. The van der Waals surface area contributed by atoms with Crippen LogP contribution in [0.5, 0.6) is 11.5 Å². The van der Waals surface area contributed by atoms with Crippen LogP contribution in [0.15, 0.2) is 108 Å². The fourth-order valence-electron chi connectivity index (χ4n) is 6.01. The number of ether oxygens (including phenoxy) is 1. The number of amides is 2. The van der Waals surface area contributed by atoms with Crippen molar-refractivity contribution in [1.29, 1.82) is 0 Å². The van der Waals surface area contributed by atoms with Gasteiger partial charge in [-0.2, -0.15) is 9.04 Å². The van der Waals surface area contributed by atoms with Crippen LogP contribution in [0.2, 0.25) is 0 Å². The quantitative estimate of drug-likeness (QED) is 0.219. The van der Waals surface area contributed by atoms with E-state index in [1.807, 2.05) is 30.3 Å². The molecule has 0 radical (unpaired) electrons. The van der Waals surface area contributed by atoms with Gasteiger partial charge in [0.05, 0.1) is 12.6 Å². The van der Waals surface area contributed by atoms with Gasteiger partial charge in [-0.15, -0.1) is 0 Å². The molecule has 2 fully saturated rings. The van der Waals surface area contributed by atoms with Crippen molar-refractivity contribution in [2.24, 2.45) is 0 Å². The Morgan fingerprint density at radius 2 is 1.74 bits per heavy atom. The van der Waals surface area contributed by atoms with E-state index in [1.165, 1.54) is 29.2 Å². The second-order valence-electron chi connectivity index (χ2n) is 11.1. The van der Waals surface area contributed by atoms with Crippen LogP contribution in [0.25, 0.3) is 11.1 Å². The van der Waals surface area contributed by atoms with Gasteiger partial charge in [-0.1, -0.05) is 54.6 Å². The molecule has 0 bridgehead atoms. The Balaban J connectivity index is 1.20. The van der Waals surface area contributed by atoms with Gasteiger partial charge in [0.25, 0.3) is 0 Å². The molecule has 3 heterocycles. The van der Waals surface area contributed by atoms with E-state index in [0.29, 0.717) is 10.3 Å². The van der Waals surface area contributed by atoms with Crippen LogP contribution in [0.3, 0.4) is 0 Å². The number of fused-ring (bicyclic) bond motifs is 1. The summed E-state index contributed by atoms with van der Waals surface area (Å²) >= 11 is 0. The number of carbonyl (C=O) groups is 3. The minimum absolute atomic E-state index is 0.0295. The zero-order chi connectivity index (χ0) is 32.4. The summed E-state index contributed by atoms with van der Waals surface area (Å²) in [6.45, 7) is -0.392. The summed E-state index contributed by atoms with van der Waals surface area (Å²) < 4.78 is 33.7. The number of hydrogen-bond acceptors (Lipinski definition) is 8. The highest BCUT2D eigenvalue weighted by Gasteiger charge is 2.54. The Morgan fingerprint density at radius 1 is 1.00 bits per heavy atom. The third-order valence-corrected chi connectivity index (χ3v) is 9.98. The molecule has 2 saturated heterocycles. The Morgan fingerprint density at radius 3 is 2.46 bits per heavy atom. The smallest absolute Gasteiger partial charge is 0.413 e. The van der Waals surface area contributed by atoms with Gasteiger partial charge >= 0.3 is 6.09 Å². The van der Waals surface area contributed by atoms with Crippen molar-refractivity contribution >= 4 is 27.8 Å². The number of ketones is 1. The topological polar surface area (TPSA) is 160 Å². The van der Waals surface area contributed by atoms with E-state index in [9.17, 15) is 33.1 Å². The van der Waals surface area contributed by atoms with Crippen LogP contribution in [-0.4, -0.2) is 71.7 Å². The molecule has 0 spiro atoms. The highest BCUT2D eigenvalue weighted by molar-refractivity contribution is 7.89. The van der Waals surface area contributed by atoms with Crippen LogP contribution in [0.4, 0.5) is 4.79 Å². The summed E-state index contributed by atoms with van der Waals surface area (Å²) in [4.78, 5) is 41.4. The summed E-state index contributed by atoms with van der Waals surface area (Å²) in [6.07, 6.45) is 1.31. The zero-order valence-corrected chi connectivity index (χ0v) is 25.2. The first-order chi connectivity index (χ1) is 22.1. The van der Waals surface area contributed by atoms with E-state index in [-0.39, 0.29) is 35.8 Å². The molecular weight excluding hydrogens is 612 g/mol. The number of phenols is 1. The fourth-order valence-corrected chi connectivity index (χ4v) is 7.64. The number of benzene rings is 3. The molecule has 236 valence electrons. The molecule has 2 aliphatic rings. The lowest BCUT2D eigenvalue weighted by atomic mass is 10.0. The van der Waals surface area contributed by atoms with Crippen molar-refractivity contribution in [1.82, 2.24) is 14.5 Å². The minimum atomic E-state index is -4.21. The first-order valence-electron chi connectivity index (χ1n) is 14.6. The fraction of sp³-hybridized carbons (Fsp3) is 0.212. The van der Waals surface area contributed by atoms with Gasteiger partial charge in [-0.25, -0.2) is 13.2 Å². The Labute approximate surface area is 265 Å². The maximum Gasteiger partial charge on any atom is 0.413 e. The van der Waals surface area contributed by atoms with Crippen LogP contribution in [-0.2, 0) is 26.0 Å². The van der Waals surface area contributed by atoms with Gasteiger partial charge in [0.15, 0.2) is 18.2 Å². The number of likely N-dealkylation sites (tertiary alicyclic amines) is 1. The molecule has 13 heteroatoms. The van der Waals surface area contributed by atoms with Crippen molar-refractivity contribution < 1.29 is 37.4 Å². The molecule has 6 rings (SSSR count). The van der Waals surface area contributed by atoms with Gasteiger partial charge in [-0.05, 0) is 53.4 Å². The predicted octanol–water partition coefficient (Wildman–Crippen LogP) is 2.64. The SMILES string of the molecule is O=C(NC(Cc1cccc(O)c1)C(=O)N1CCC2C1C(=O)CN2S(=O)(=O)c1ccc[n+]([O-])c1)Oc1ccc(-c2ccccc2)cc1. The number of sulfonamides is 1. The van der Waals surface area contributed by atoms with E-state index in [0.717, 1.165) is 27.8 Å². The van der Waals surface area contributed by atoms with Crippen molar-refractivity contribution in [3.05, 3.63) is 114 Å². The monoisotopic (exact) mass is 642 g/mol. The molecule has 3 aromatic carbocycles. The molecule has 12 nitrogen and oxygen atoms in total. The van der Waals surface area contributed by atoms with Crippen LogP contribution in [0, 0.1) is 5.21 Å². The number of Topliss-reactive ketones (excluding diaryl/α,β-unsaturated/α-hetero) is 1. The summed E-state index contributed by atoms with van der Waals surface area (Å²) in [5.74, 6) is -0.855. The number of aromatic hydroxyl groups is 1. The van der Waals surface area contributed by atoms with E-state index >= 15 is 0 Å². The third kappa shape index (κ3) is 6.28. The van der Waals surface area contributed by atoms with Crippen LogP contribution < -0.4 is 14.8 Å². The molecule has 4 aromatic rings. The molecular formula is C33H30N4O8S. The molecule has 2 aliphatic heterocycles. The molecule has 2 amide bonds. The molecule has 3 unspecified atom stereocenters. The standard InChI is InChI=1S/C33H30N4O8S/c38-25-9-4-6-22(18-25)19-28(34-33(41)45-26-13-11-24(12-14-26)23-7-2-1-3-8-23)32(40)36-17-15-29-31(36)30(39)21-37(29)46(43,44)27-10-5-16-35(42)20-27/h1-14,16,18,20,28-29,31,38H,15,17,19,21H2,(H,34,41). The second kappa shape index (κ2) is 12.6. The van der Waals surface area contributed by atoms with Crippen LogP contribution in [0.1, 0.15) is 12.0 Å². The molecule has 0 saturated carbocycles. The van der Waals surface area contributed by atoms with Gasteiger partial charge < -0.3 is 25.3 Å². The second-order valence-corrected chi connectivity index (χ2v) is 13.0. The van der Waals surface area contributed by atoms with Gasteiger partial charge in [-0.3, -0.25) is 9.59 Å². The normalized spacial score (nSPS) is 18.6. The lowest BCUT2D eigenvalue weighted by Crippen LogP contribution is -2.53. The lowest BCUT2D eigenvalue weighted by Gasteiger charge is -2.28. The summed E-state index contributed by atoms with van der Waals surface area (Å²) in [5, 5.41) is 24.4. The Hall–Kier alpha value is -5.27. The van der Waals surface area contributed by atoms with E-state index in [1.54, 1.807) is 36.4 Å². The predicted molar refractivity (Wildman–Crippen MR) is 165 cm³/mol. The van der Waals surface area contributed by atoms with Gasteiger partial charge in [0, 0.05) is 19.0 Å². The van der Waals surface area contributed by atoms with E-state index < -0.39 is 52.5 Å². The summed E-state index contributed by atoms with van der Waals surface area (Å²) in [7, 11) is -4.21. The Kier molecular flexibility index (Phi) is 8.43.